The van der Waals surface area contributed by atoms with Gasteiger partial charge in [-0.3, -0.25) is 14.6 Å². The van der Waals surface area contributed by atoms with Crippen LogP contribution in [0.4, 0.5) is 0 Å². The van der Waals surface area contributed by atoms with Crippen molar-refractivity contribution in [1.29, 1.82) is 0 Å². The van der Waals surface area contributed by atoms with E-state index in [0.29, 0.717) is 24.6 Å². The second-order valence-corrected chi connectivity index (χ2v) is 5.93. The molecule has 0 radical (unpaired) electrons. The molecule has 0 bridgehead atoms. The third-order valence-corrected chi connectivity index (χ3v) is 3.11. The number of hydrogen-bond donors (Lipinski definition) is 2. The first-order chi connectivity index (χ1) is 10.4. The van der Waals surface area contributed by atoms with Crippen molar-refractivity contribution in [3.05, 3.63) is 29.6 Å². The number of carbonyl (C=O) groups is 2. The smallest absolute Gasteiger partial charge is 0.269 e. The molecule has 0 saturated heterocycles. The molecule has 1 rings (SSSR count). The van der Waals surface area contributed by atoms with Gasteiger partial charge in [0.1, 0.15) is 5.69 Å². The molecule has 0 fully saturated rings. The summed E-state index contributed by atoms with van der Waals surface area (Å²) in [6, 6.07) is 3.13. The molecule has 122 valence electrons. The van der Waals surface area contributed by atoms with Crippen LogP contribution in [-0.2, 0) is 0 Å². The van der Waals surface area contributed by atoms with Gasteiger partial charge in [0.05, 0.1) is 0 Å². The van der Waals surface area contributed by atoms with Gasteiger partial charge in [0.25, 0.3) is 11.8 Å². The molecule has 1 aromatic rings. The highest BCUT2D eigenvalue weighted by molar-refractivity contribution is 5.98. The molecule has 0 saturated carbocycles. The van der Waals surface area contributed by atoms with Gasteiger partial charge < -0.3 is 15.5 Å². The third-order valence-electron chi connectivity index (χ3n) is 3.11. The van der Waals surface area contributed by atoms with E-state index in [1.54, 1.807) is 6.07 Å². The Kier molecular flexibility index (Phi) is 7.52. The number of nitrogens with zero attached hydrogens (tertiary/aromatic N) is 2. The van der Waals surface area contributed by atoms with Crippen LogP contribution in [0.25, 0.3) is 0 Å². The Hall–Kier alpha value is -1.95. The Bertz CT molecular complexity index is 459. The lowest BCUT2D eigenvalue weighted by molar-refractivity contribution is 0.0947. The zero-order valence-electron chi connectivity index (χ0n) is 13.8. The Morgan fingerprint density at radius 3 is 2.50 bits per heavy atom. The van der Waals surface area contributed by atoms with Crippen molar-refractivity contribution < 1.29 is 9.59 Å². The summed E-state index contributed by atoms with van der Waals surface area (Å²) in [5, 5.41) is 5.63. The summed E-state index contributed by atoms with van der Waals surface area (Å²) in [5.74, 6) is 0.0890. The SMILES string of the molecule is CC(C)CCNC(=O)c1cc(C(=O)NCCN(C)C)ccn1. The maximum Gasteiger partial charge on any atom is 0.269 e. The van der Waals surface area contributed by atoms with Gasteiger partial charge in [-0.15, -0.1) is 0 Å². The van der Waals surface area contributed by atoms with Crippen molar-refractivity contribution in [3.63, 3.8) is 0 Å². The maximum absolute atomic E-state index is 12.0. The van der Waals surface area contributed by atoms with Crippen LogP contribution in [0.2, 0.25) is 0 Å². The number of rotatable bonds is 8. The van der Waals surface area contributed by atoms with E-state index in [2.05, 4.69) is 29.5 Å². The molecule has 22 heavy (non-hydrogen) atoms. The van der Waals surface area contributed by atoms with Gasteiger partial charge in [-0.2, -0.15) is 0 Å². The predicted molar refractivity (Wildman–Crippen MR) is 86.9 cm³/mol. The van der Waals surface area contributed by atoms with E-state index in [9.17, 15) is 9.59 Å². The molecule has 2 amide bonds. The lowest BCUT2D eigenvalue weighted by atomic mass is 10.1. The minimum atomic E-state index is -0.247. The molecule has 2 N–H and O–H groups in total. The number of likely N-dealkylation sites (N-methyl/N-ethyl adjacent to an activating group) is 1. The fraction of sp³-hybridized carbons (Fsp3) is 0.562. The zero-order valence-corrected chi connectivity index (χ0v) is 13.8. The van der Waals surface area contributed by atoms with Crippen molar-refractivity contribution in [2.75, 3.05) is 33.7 Å². The van der Waals surface area contributed by atoms with E-state index >= 15 is 0 Å². The summed E-state index contributed by atoms with van der Waals surface area (Å²) in [7, 11) is 3.89. The molecule has 1 heterocycles. The molecule has 6 heteroatoms. The van der Waals surface area contributed by atoms with Crippen LogP contribution in [0.1, 0.15) is 41.1 Å². The number of carbonyl (C=O) groups excluding carboxylic acids is 2. The van der Waals surface area contributed by atoms with Crippen LogP contribution in [0.15, 0.2) is 18.3 Å². The predicted octanol–water partition coefficient (Wildman–Crippen LogP) is 1.15. The van der Waals surface area contributed by atoms with Crippen molar-refractivity contribution in [3.8, 4) is 0 Å². The summed E-state index contributed by atoms with van der Waals surface area (Å²) < 4.78 is 0. The molecule has 1 aromatic heterocycles. The van der Waals surface area contributed by atoms with E-state index in [0.717, 1.165) is 13.0 Å². The third kappa shape index (κ3) is 6.67. The summed E-state index contributed by atoms with van der Waals surface area (Å²) in [5.41, 5.74) is 0.715. The molecular formula is C16H26N4O2. The maximum atomic E-state index is 12.0. The number of hydrogen-bond acceptors (Lipinski definition) is 4. The zero-order chi connectivity index (χ0) is 16.5. The van der Waals surface area contributed by atoms with Crippen molar-refractivity contribution in [1.82, 2.24) is 20.5 Å². The first kappa shape index (κ1) is 18.1. The standard InChI is InChI=1S/C16H26N4O2/c1-12(2)5-7-18-16(22)14-11-13(6-8-17-14)15(21)19-9-10-20(3)4/h6,8,11-12H,5,7,9-10H2,1-4H3,(H,18,22)(H,19,21). The van der Waals surface area contributed by atoms with Gasteiger partial charge in [0.2, 0.25) is 0 Å². The first-order valence-corrected chi connectivity index (χ1v) is 7.57. The normalized spacial score (nSPS) is 10.8. The summed E-state index contributed by atoms with van der Waals surface area (Å²) in [6.45, 7) is 6.13. The van der Waals surface area contributed by atoms with E-state index in [1.165, 1.54) is 12.3 Å². The van der Waals surface area contributed by atoms with Crippen LogP contribution in [-0.4, -0.2) is 55.4 Å². The molecule has 0 aromatic carbocycles. The Labute approximate surface area is 132 Å². The highest BCUT2D eigenvalue weighted by Gasteiger charge is 2.11. The molecule has 0 aliphatic heterocycles. The highest BCUT2D eigenvalue weighted by atomic mass is 16.2. The molecule has 0 aliphatic carbocycles. The average molecular weight is 306 g/mol. The Morgan fingerprint density at radius 1 is 1.18 bits per heavy atom. The van der Waals surface area contributed by atoms with Gasteiger partial charge in [-0.05, 0) is 38.6 Å². The van der Waals surface area contributed by atoms with E-state index in [4.69, 9.17) is 0 Å². The van der Waals surface area contributed by atoms with Crippen LogP contribution >= 0.6 is 0 Å². The van der Waals surface area contributed by atoms with Crippen LogP contribution in [0.5, 0.6) is 0 Å². The topological polar surface area (TPSA) is 74.3 Å². The van der Waals surface area contributed by atoms with Gasteiger partial charge in [-0.25, -0.2) is 0 Å². The van der Waals surface area contributed by atoms with E-state index < -0.39 is 0 Å². The minimum Gasteiger partial charge on any atom is -0.351 e. The van der Waals surface area contributed by atoms with Gasteiger partial charge in [0, 0.05) is 31.4 Å². The first-order valence-electron chi connectivity index (χ1n) is 7.57. The van der Waals surface area contributed by atoms with Gasteiger partial charge in [0.15, 0.2) is 0 Å². The van der Waals surface area contributed by atoms with E-state index in [-0.39, 0.29) is 17.5 Å². The largest absolute Gasteiger partial charge is 0.351 e. The van der Waals surface area contributed by atoms with Crippen LogP contribution in [0, 0.1) is 5.92 Å². The molecule has 0 spiro atoms. The van der Waals surface area contributed by atoms with Crippen molar-refractivity contribution >= 4 is 11.8 Å². The summed E-state index contributed by atoms with van der Waals surface area (Å²) >= 11 is 0. The van der Waals surface area contributed by atoms with Crippen molar-refractivity contribution in [2.24, 2.45) is 5.92 Å². The highest BCUT2D eigenvalue weighted by Crippen LogP contribution is 2.03. The van der Waals surface area contributed by atoms with Crippen molar-refractivity contribution in [2.45, 2.75) is 20.3 Å². The van der Waals surface area contributed by atoms with Gasteiger partial charge in [-0.1, -0.05) is 13.8 Å². The van der Waals surface area contributed by atoms with Crippen LogP contribution in [0.3, 0.4) is 0 Å². The minimum absolute atomic E-state index is 0.194. The van der Waals surface area contributed by atoms with Crippen LogP contribution < -0.4 is 10.6 Å². The number of nitrogens with one attached hydrogen (secondary N) is 2. The van der Waals surface area contributed by atoms with E-state index in [1.807, 2.05) is 19.0 Å². The molecule has 0 aliphatic rings. The molecule has 0 unspecified atom stereocenters. The average Bonchev–Trinajstić information content (AvgIpc) is 2.46. The molecule has 6 nitrogen and oxygen atoms in total. The lowest BCUT2D eigenvalue weighted by Gasteiger charge is -2.11. The molecule has 0 atom stereocenters. The lowest BCUT2D eigenvalue weighted by Crippen LogP contribution is -2.32. The Morgan fingerprint density at radius 2 is 1.86 bits per heavy atom. The Balaban J connectivity index is 2.57. The fourth-order valence-corrected chi connectivity index (χ4v) is 1.76. The number of pyridine rings is 1. The summed E-state index contributed by atoms with van der Waals surface area (Å²) in [6.07, 6.45) is 2.40. The number of amides is 2. The number of aromatic nitrogens is 1. The molecular weight excluding hydrogens is 280 g/mol. The van der Waals surface area contributed by atoms with Gasteiger partial charge >= 0.3 is 0 Å². The second-order valence-electron chi connectivity index (χ2n) is 5.93. The second kappa shape index (κ2) is 9.15. The monoisotopic (exact) mass is 306 g/mol. The quantitative estimate of drug-likeness (QED) is 0.755. The summed E-state index contributed by atoms with van der Waals surface area (Å²) in [4.78, 5) is 30.0. The fourth-order valence-electron chi connectivity index (χ4n) is 1.76.